The van der Waals surface area contributed by atoms with Gasteiger partial charge in [0.2, 0.25) is 0 Å². The summed E-state index contributed by atoms with van der Waals surface area (Å²) in [5, 5.41) is 31.6. The summed E-state index contributed by atoms with van der Waals surface area (Å²) in [6.45, 7) is 11.1. The van der Waals surface area contributed by atoms with Crippen molar-refractivity contribution < 1.29 is 15.3 Å². The third-order valence-electron chi connectivity index (χ3n) is 7.71. The summed E-state index contributed by atoms with van der Waals surface area (Å²) in [5.41, 5.74) is 2.69. The van der Waals surface area contributed by atoms with Crippen LogP contribution in [0.5, 0.6) is 11.5 Å². The Kier molecular flexibility index (Phi) is 5.87. The maximum atomic E-state index is 10.9. The molecule has 0 saturated heterocycles. The number of aromatic hydroxyl groups is 2. The third kappa shape index (κ3) is 3.58. The molecule has 4 rings (SSSR count). The van der Waals surface area contributed by atoms with Crippen molar-refractivity contribution in [1.82, 2.24) is 0 Å². The number of allylic oxidation sites excluding steroid dienone is 1. The summed E-state index contributed by atoms with van der Waals surface area (Å²) in [4.78, 5) is 0. The lowest BCUT2D eigenvalue weighted by Crippen LogP contribution is -2.51. The van der Waals surface area contributed by atoms with Crippen molar-refractivity contribution >= 4 is 0 Å². The molecule has 1 saturated carbocycles. The number of aliphatic hydroxyl groups excluding tert-OH is 1. The number of fused-ring (bicyclic) bond motifs is 1. The smallest absolute Gasteiger partial charge is 0.123 e. The van der Waals surface area contributed by atoms with Gasteiger partial charge in [-0.3, -0.25) is 0 Å². The summed E-state index contributed by atoms with van der Waals surface area (Å²) in [5.74, 6) is 1.15. The van der Waals surface area contributed by atoms with Gasteiger partial charge < -0.3 is 15.3 Å². The Labute approximate surface area is 170 Å². The first-order valence-electron chi connectivity index (χ1n) is 11.0. The zero-order chi connectivity index (χ0) is 20.7. The van der Waals surface area contributed by atoms with Crippen LogP contribution >= 0.6 is 0 Å². The molecule has 0 spiro atoms. The van der Waals surface area contributed by atoms with E-state index < -0.39 is 0 Å². The van der Waals surface area contributed by atoms with Crippen LogP contribution in [0.2, 0.25) is 0 Å². The van der Waals surface area contributed by atoms with Crippen molar-refractivity contribution in [2.75, 3.05) is 6.61 Å². The summed E-state index contributed by atoms with van der Waals surface area (Å²) in [7, 11) is 0. The van der Waals surface area contributed by atoms with Gasteiger partial charge >= 0.3 is 0 Å². The molecule has 1 aromatic carbocycles. The Balaban J connectivity index is 1.89. The predicted octanol–water partition coefficient (Wildman–Crippen LogP) is 6.02. The monoisotopic (exact) mass is 386 g/mol. The van der Waals surface area contributed by atoms with Crippen LogP contribution in [-0.2, 0) is 5.41 Å². The first kappa shape index (κ1) is 21.2. The summed E-state index contributed by atoms with van der Waals surface area (Å²) < 4.78 is 0. The Bertz CT molecular complexity index is 721. The Morgan fingerprint density at radius 2 is 1.71 bits per heavy atom. The van der Waals surface area contributed by atoms with Gasteiger partial charge in [0.05, 0.1) is 6.61 Å². The van der Waals surface area contributed by atoms with E-state index in [1.165, 1.54) is 19.3 Å². The first-order valence-corrected chi connectivity index (χ1v) is 11.0. The molecule has 0 aliphatic heterocycles. The second-order valence-corrected chi connectivity index (χ2v) is 10.3. The minimum atomic E-state index is -0.0826. The molecule has 3 aliphatic rings. The summed E-state index contributed by atoms with van der Waals surface area (Å²) in [6.07, 6.45) is 9.02. The Morgan fingerprint density at radius 1 is 1.07 bits per heavy atom. The highest BCUT2D eigenvalue weighted by Crippen LogP contribution is 2.65. The lowest BCUT2D eigenvalue weighted by atomic mass is 9.45. The van der Waals surface area contributed by atoms with Gasteiger partial charge in [-0.05, 0) is 58.8 Å². The molecule has 3 atom stereocenters. The van der Waals surface area contributed by atoms with Crippen molar-refractivity contribution in [3.63, 3.8) is 0 Å². The standard InChI is InChI=1S/C25H38O3/c1-6-7-8-9-10-24(2,3)17-12-21(27)23(22(28)13-17)18-11-16(15-26)19-14-20(18)25(19,4)5/h11-13,18-20,26-28H,6-10,14-15H2,1-5H3/t18-,19+,20-/m0/s1. The number of unbranched alkanes of at least 4 members (excludes halogenated alkanes) is 3. The minimum Gasteiger partial charge on any atom is -0.507 e. The lowest BCUT2D eigenvalue weighted by Gasteiger charge is -2.59. The van der Waals surface area contributed by atoms with E-state index >= 15 is 0 Å². The molecule has 2 bridgehead atoms. The fraction of sp³-hybridized carbons (Fsp3) is 0.680. The Morgan fingerprint density at radius 3 is 2.25 bits per heavy atom. The lowest BCUT2D eigenvalue weighted by molar-refractivity contribution is -0.0260. The maximum Gasteiger partial charge on any atom is 0.123 e. The largest absolute Gasteiger partial charge is 0.507 e. The van der Waals surface area contributed by atoms with Crippen LogP contribution in [0.1, 0.15) is 90.2 Å². The van der Waals surface area contributed by atoms with E-state index in [9.17, 15) is 15.3 Å². The molecule has 0 aromatic heterocycles. The molecule has 3 aliphatic carbocycles. The van der Waals surface area contributed by atoms with Gasteiger partial charge in [0.25, 0.3) is 0 Å². The number of benzene rings is 1. The molecule has 156 valence electrons. The third-order valence-corrected chi connectivity index (χ3v) is 7.71. The van der Waals surface area contributed by atoms with E-state index in [0.29, 0.717) is 17.4 Å². The average Bonchev–Trinajstić information content (AvgIpc) is 2.64. The fourth-order valence-corrected chi connectivity index (χ4v) is 5.60. The van der Waals surface area contributed by atoms with Crippen LogP contribution in [0.15, 0.2) is 23.8 Å². The number of hydrogen-bond acceptors (Lipinski definition) is 3. The molecule has 0 heterocycles. The summed E-state index contributed by atoms with van der Waals surface area (Å²) in [6, 6.07) is 3.72. The van der Waals surface area contributed by atoms with Crippen LogP contribution in [0.3, 0.4) is 0 Å². The van der Waals surface area contributed by atoms with E-state index in [2.05, 4.69) is 40.7 Å². The highest BCUT2D eigenvalue weighted by atomic mass is 16.3. The molecular weight excluding hydrogens is 348 g/mol. The first-order chi connectivity index (χ1) is 13.1. The van der Waals surface area contributed by atoms with Crippen molar-refractivity contribution in [2.45, 2.75) is 84.5 Å². The zero-order valence-electron chi connectivity index (χ0n) is 18.3. The van der Waals surface area contributed by atoms with E-state index in [-0.39, 0.29) is 34.9 Å². The molecule has 3 heteroatoms. The van der Waals surface area contributed by atoms with Crippen molar-refractivity contribution in [3.8, 4) is 11.5 Å². The van der Waals surface area contributed by atoms with Gasteiger partial charge in [0, 0.05) is 11.5 Å². The normalized spacial score (nSPS) is 25.9. The highest BCUT2D eigenvalue weighted by molar-refractivity contribution is 5.54. The SMILES string of the molecule is CCCCCCC(C)(C)c1cc(O)c([C@H]2C=C(CO)[C@H]3C[C@@H]2C3(C)C)c(O)c1. The maximum absolute atomic E-state index is 10.9. The zero-order valence-corrected chi connectivity index (χ0v) is 18.3. The van der Waals surface area contributed by atoms with Crippen molar-refractivity contribution in [3.05, 3.63) is 34.9 Å². The topological polar surface area (TPSA) is 60.7 Å². The van der Waals surface area contributed by atoms with Crippen molar-refractivity contribution in [2.24, 2.45) is 17.3 Å². The number of hydrogen-bond donors (Lipinski definition) is 3. The van der Waals surface area contributed by atoms with Gasteiger partial charge in [-0.25, -0.2) is 0 Å². The number of phenols is 2. The van der Waals surface area contributed by atoms with Gasteiger partial charge in [-0.1, -0.05) is 66.4 Å². The molecule has 3 N–H and O–H groups in total. The fourth-order valence-electron chi connectivity index (χ4n) is 5.60. The minimum absolute atomic E-state index is 0.0381. The molecule has 28 heavy (non-hydrogen) atoms. The highest BCUT2D eigenvalue weighted by Gasteiger charge is 2.55. The molecule has 0 radical (unpaired) electrons. The molecule has 0 unspecified atom stereocenters. The number of rotatable bonds is 8. The molecular formula is C25H38O3. The second kappa shape index (κ2) is 7.74. The molecule has 0 amide bonds. The second-order valence-electron chi connectivity index (χ2n) is 10.3. The van der Waals surface area contributed by atoms with Crippen molar-refractivity contribution in [1.29, 1.82) is 0 Å². The van der Waals surface area contributed by atoms with Crippen LogP contribution in [0.4, 0.5) is 0 Å². The van der Waals surface area contributed by atoms with Gasteiger partial charge in [0.1, 0.15) is 11.5 Å². The molecule has 1 fully saturated rings. The average molecular weight is 387 g/mol. The van der Waals surface area contributed by atoms with Gasteiger partial charge in [-0.2, -0.15) is 0 Å². The quantitative estimate of drug-likeness (QED) is 0.378. The molecule has 1 aromatic rings. The van der Waals surface area contributed by atoms with E-state index in [0.717, 1.165) is 30.4 Å². The van der Waals surface area contributed by atoms with Crippen LogP contribution < -0.4 is 0 Å². The van der Waals surface area contributed by atoms with E-state index in [1.807, 2.05) is 12.1 Å². The summed E-state index contributed by atoms with van der Waals surface area (Å²) >= 11 is 0. The van der Waals surface area contributed by atoms with Crippen LogP contribution in [-0.4, -0.2) is 21.9 Å². The number of phenolic OH excluding ortho intramolecular Hbond substituents is 2. The Hall–Kier alpha value is -1.48. The van der Waals surface area contributed by atoms with E-state index in [1.54, 1.807) is 0 Å². The van der Waals surface area contributed by atoms with E-state index in [4.69, 9.17) is 0 Å². The van der Waals surface area contributed by atoms with Crippen LogP contribution in [0, 0.1) is 17.3 Å². The molecule has 3 nitrogen and oxygen atoms in total. The van der Waals surface area contributed by atoms with Crippen LogP contribution in [0.25, 0.3) is 0 Å². The van der Waals surface area contributed by atoms with Gasteiger partial charge in [-0.15, -0.1) is 0 Å². The predicted molar refractivity (Wildman–Crippen MR) is 115 cm³/mol. The number of aliphatic hydroxyl groups is 1. The van der Waals surface area contributed by atoms with Gasteiger partial charge in [0.15, 0.2) is 0 Å².